The molecule has 37 heavy (non-hydrogen) atoms. The minimum atomic E-state index is -0.0970. The number of pyridine rings is 1. The highest BCUT2D eigenvalue weighted by Gasteiger charge is 2.12. The van der Waals surface area contributed by atoms with Crippen LogP contribution in [0.2, 0.25) is 0 Å². The summed E-state index contributed by atoms with van der Waals surface area (Å²) in [5.41, 5.74) is 9.19. The Hall–Kier alpha value is -4.14. The molecule has 5 rings (SSSR count). The molecule has 0 radical (unpaired) electrons. The molecule has 4 N–H and O–H groups in total. The van der Waals surface area contributed by atoms with E-state index in [9.17, 15) is 4.79 Å². The summed E-state index contributed by atoms with van der Waals surface area (Å²) >= 11 is 0. The molecule has 0 unspecified atom stereocenters. The van der Waals surface area contributed by atoms with Gasteiger partial charge in [0.25, 0.3) is 5.91 Å². The van der Waals surface area contributed by atoms with E-state index in [-0.39, 0.29) is 5.91 Å². The number of aryl methyl sites for hydroxylation is 1. The van der Waals surface area contributed by atoms with Gasteiger partial charge in [0.1, 0.15) is 17.3 Å². The molecule has 4 aromatic rings. The maximum absolute atomic E-state index is 12.8. The van der Waals surface area contributed by atoms with Crippen molar-refractivity contribution in [2.75, 3.05) is 50.4 Å². The first kappa shape index (κ1) is 24.5. The quantitative estimate of drug-likeness (QED) is 0.303. The number of nitrogens with two attached hydrogens (primary N) is 1. The standard InChI is InChI=1S/C29H31N5O3/c1-20-16-21(29(35)32-10-11-34-12-14-36-15-13-34)18-22(17-20)33-28-19-23(8-9-31-28)37-27-7-6-26(30)24-4-2-3-5-25(24)27/h2-9,16-19H,10-15,30H2,1H3,(H,31,33)(H,32,35). The van der Waals surface area contributed by atoms with Crippen LogP contribution in [0.5, 0.6) is 11.5 Å². The summed E-state index contributed by atoms with van der Waals surface area (Å²) in [4.78, 5) is 19.5. The Morgan fingerprint density at radius 2 is 1.86 bits per heavy atom. The highest BCUT2D eigenvalue weighted by Crippen LogP contribution is 2.33. The third kappa shape index (κ3) is 6.17. The highest BCUT2D eigenvalue weighted by atomic mass is 16.5. The second-order valence-electron chi connectivity index (χ2n) is 9.10. The van der Waals surface area contributed by atoms with Gasteiger partial charge in [-0.1, -0.05) is 24.3 Å². The topological polar surface area (TPSA) is 102 Å². The minimum absolute atomic E-state index is 0.0970. The van der Waals surface area contributed by atoms with Gasteiger partial charge in [0.15, 0.2) is 0 Å². The summed E-state index contributed by atoms with van der Waals surface area (Å²) in [6.07, 6.45) is 1.69. The SMILES string of the molecule is Cc1cc(Nc2cc(Oc3ccc(N)c4ccccc34)ccn2)cc(C(=O)NCCN2CCOCC2)c1. The highest BCUT2D eigenvalue weighted by molar-refractivity contribution is 5.97. The molecule has 1 aromatic heterocycles. The van der Waals surface area contributed by atoms with E-state index in [1.165, 1.54) is 0 Å². The number of aromatic nitrogens is 1. The zero-order valence-corrected chi connectivity index (χ0v) is 20.9. The number of carbonyl (C=O) groups is 1. The first-order chi connectivity index (χ1) is 18.0. The van der Waals surface area contributed by atoms with Crippen molar-refractivity contribution < 1.29 is 14.3 Å². The smallest absolute Gasteiger partial charge is 0.251 e. The van der Waals surface area contributed by atoms with Crippen LogP contribution in [0.4, 0.5) is 17.2 Å². The number of ether oxygens (including phenoxy) is 2. The van der Waals surface area contributed by atoms with Crippen molar-refractivity contribution in [1.82, 2.24) is 15.2 Å². The monoisotopic (exact) mass is 497 g/mol. The molecule has 0 saturated carbocycles. The molecule has 0 atom stereocenters. The van der Waals surface area contributed by atoms with Crippen molar-refractivity contribution in [3.63, 3.8) is 0 Å². The molecule has 1 amide bonds. The number of morpholine rings is 1. The van der Waals surface area contributed by atoms with Gasteiger partial charge in [-0.15, -0.1) is 0 Å². The van der Waals surface area contributed by atoms with Gasteiger partial charge < -0.3 is 25.8 Å². The number of rotatable bonds is 8. The fourth-order valence-electron chi connectivity index (χ4n) is 4.44. The van der Waals surface area contributed by atoms with Gasteiger partial charge in [0.2, 0.25) is 0 Å². The van der Waals surface area contributed by atoms with Crippen LogP contribution in [-0.2, 0) is 4.74 Å². The number of hydrogen-bond acceptors (Lipinski definition) is 7. The van der Waals surface area contributed by atoms with Gasteiger partial charge in [0.05, 0.1) is 13.2 Å². The number of hydrogen-bond donors (Lipinski definition) is 3. The van der Waals surface area contributed by atoms with Crippen molar-refractivity contribution in [2.45, 2.75) is 6.92 Å². The Bertz CT molecular complexity index is 1400. The van der Waals surface area contributed by atoms with Crippen molar-refractivity contribution >= 4 is 33.9 Å². The summed E-state index contributed by atoms with van der Waals surface area (Å²) in [6, 6.07) is 20.9. The second-order valence-corrected chi connectivity index (χ2v) is 9.10. The Labute approximate surface area is 216 Å². The van der Waals surface area contributed by atoms with E-state index in [2.05, 4.69) is 20.5 Å². The van der Waals surface area contributed by atoms with Crippen LogP contribution in [-0.4, -0.2) is 55.2 Å². The van der Waals surface area contributed by atoms with Gasteiger partial charge in [-0.3, -0.25) is 9.69 Å². The molecule has 1 aliphatic heterocycles. The summed E-state index contributed by atoms with van der Waals surface area (Å²) in [6.45, 7) is 6.67. The number of fused-ring (bicyclic) bond motifs is 1. The van der Waals surface area contributed by atoms with Crippen molar-refractivity contribution in [3.05, 3.63) is 84.1 Å². The lowest BCUT2D eigenvalue weighted by Gasteiger charge is -2.26. The molecule has 0 bridgehead atoms. The van der Waals surface area contributed by atoms with E-state index in [1.807, 2.05) is 67.6 Å². The second kappa shape index (κ2) is 11.3. The molecule has 1 aliphatic rings. The molecule has 1 fully saturated rings. The molecule has 2 heterocycles. The first-order valence-electron chi connectivity index (χ1n) is 12.4. The molecule has 0 aliphatic carbocycles. The van der Waals surface area contributed by atoms with E-state index in [0.29, 0.717) is 35.1 Å². The molecule has 1 saturated heterocycles. The Kier molecular flexibility index (Phi) is 7.49. The van der Waals surface area contributed by atoms with E-state index < -0.39 is 0 Å². The van der Waals surface area contributed by atoms with E-state index in [4.69, 9.17) is 15.2 Å². The minimum Gasteiger partial charge on any atom is -0.457 e. The summed E-state index contributed by atoms with van der Waals surface area (Å²) in [5.74, 6) is 1.87. The largest absolute Gasteiger partial charge is 0.457 e. The van der Waals surface area contributed by atoms with Crippen molar-refractivity contribution in [2.24, 2.45) is 0 Å². The number of anilines is 3. The maximum atomic E-state index is 12.8. The molecular formula is C29H31N5O3. The Morgan fingerprint density at radius 3 is 2.70 bits per heavy atom. The van der Waals surface area contributed by atoms with Crippen molar-refractivity contribution in [1.29, 1.82) is 0 Å². The Balaban J connectivity index is 1.26. The third-order valence-electron chi connectivity index (χ3n) is 6.31. The number of carbonyl (C=O) groups excluding carboxylic acids is 1. The van der Waals surface area contributed by atoms with Crippen molar-refractivity contribution in [3.8, 4) is 11.5 Å². The predicted molar refractivity (Wildman–Crippen MR) is 147 cm³/mol. The molecule has 3 aromatic carbocycles. The van der Waals surface area contributed by atoms with Crippen LogP contribution in [0.3, 0.4) is 0 Å². The van der Waals surface area contributed by atoms with E-state index in [1.54, 1.807) is 12.3 Å². The fourth-order valence-corrected chi connectivity index (χ4v) is 4.44. The van der Waals surface area contributed by atoms with Gasteiger partial charge in [-0.2, -0.15) is 0 Å². The van der Waals surface area contributed by atoms with Crippen LogP contribution in [0.25, 0.3) is 10.8 Å². The maximum Gasteiger partial charge on any atom is 0.251 e. The van der Waals surface area contributed by atoms with Crippen LogP contribution < -0.4 is 21.1 Å². The number of nitrogen functional groups attached to an aromatic ring is 1. The van der Waals surface area contributed by atoms with Gasteiger partial charge in [0, 0.05) is 66.2 Å². The molecule has 8 heteroatoms. The summed E-state index contributed by atoms with van der Waals surface area (Å²) < 4.78 is 11.6. The van der Waals surface area contributed by atoms with E-state index >= 15 is 0 Å². The molecule has 0 spiro atoms. The van der Waals surface area contributed by atoms with Crippen LogP contribution in [0, 0.1) is 6.92 Å². The first-order valence-corrected chi connectivity index (χ1v) is 12.4. The number of benzene rings is 3. The fraction of sp³-hybridized carbons (Fsp3) is 0.241. The lowest BCUT2D eigenvalue weighted by Crippen LogP contribution is -2.41. The van der Waals surface area contributed by atoms with Gasteiger partial charge in [-0.25, -0.2) is 4.98 Å². The Morgan fingerprint density at radius 1 is 1.05 bits per heavy atom. The normalized spacial score (nSPS) is 13.9. The number of amides is 1. The average molecular weight is 498 g/mol. The van der Waals surface area contributed by atoms with Gasteiger partial charge >= 0.3 is 0 Å². The lowest BCUT2D eigenvalue weighted by atomic mass is 10.1. The summed E-state index contributed by atoms with van der Waals surface area (Å²) in [7, 11) is 0. The molecule has 190 valence electrons. The summed E-state index contributed by atoms with van der Waals surface area (Å²) in [5, 5.41) is 8.22. The number of nitrogens with zero attached hydrogens (tertiary/aromatic N) is 2. The molecular weight excluding hydrogens is 466 g/mol. The predicted octanol–water partition coefficient (Wildman–Crippen LogP) is 4.72. The average Bonchev–Trinajstić information content (AvgIpc) is 2.91. The third-order valence-corrected chi connectivity index (χ3v) is 6.31. The van der Waals surface area contributed by atoms with Crippen LogP contribution in [0.1, 0.15) is 15.9 Å². The molecule has 8 nitrogen and oxygen atoms in total. The van der Waals surface area contributed by atoms with Gasteiger partial charge in [-0.05, 0) is 48.9 Å². The zero-order chi connectivity index (χ0) is 25.6. The van der Waals surface area contributed by atoms with Crippen LogP contribution in [0.15, 0.2) is 72.9 Å². The number of nitrogens with one attached hydrogen (secondary N) is 2. The van der Waals surface area contributed by atoms with E-state index in [0.717, 1.165) is 54.9 Å². The zero-order valence-electron chi connectivity index (χ0n) is 20.9. The van der Waals surface area contributed by atoms with Crippen LogP contribution >= 0.6 is 0 Å². The lowest BCUT2D eigenvalue weighted by molar-refractivity contribution is 0.0383.